The number of rotatable bonds is 83. The number of hydrogen-bond donors (Lipinski definition) is 3. The Kier molecular flexibility index (Phi) is 74.8. The molecule has 0 aliphatic rings. The molecule has 0 aromatic carbocycles. The standard InChI is InChI=1S/C82H160O17P2/c1-5-9-13-17-21-25-29-32-35-37-38-40-43-46-49-53-57-61-65-69-82(87)99-78(73-93-80(85)67-63-59-55-51-47-44-42-39-36-33-30-26-22-18-14-10-6-2)75-97-101(90,91)95-71-76(83)70-94-100(88,89)96-74-77(72-92-79(84)66-62-58-54-50-28-24-20-16-12-8-4)98-81(86)68-64-60-56-52-48-45-41-34-31-27-23-19-15-11-7-3/h76-78,83H,5-75H2,1-4H3,(H,88,89)(H,90,91)/t76-,77+,78+/m0/s1. The van der Waals surface area contributed by atoms with E-state index in [1.54, 1.807) is 0 Å². The van der Waals surface area contributed by atoms with Crippen molar-refractivity contribution >= 4 is 39.5 Å². The lowest BCUT2D eigenvalue weighted by molar-refractivity contribution is -0.161. The molecule has 0 bridgehead atoms. The maximum Gasteiger partial charge on any atom is 0.472 e. The second-order valence-electron chi connectivity index (χ2n) is 29.5. The van der Waals surface area contributed by atoms with Gasteiger partial charge in [-0.25, -0.2) is 9.13 Å². The molecule has 0 heterocycles. The van der Waals surface area contributed by atoms with E-state index in [1.165, 1.54) is 276 Å². The number of ether oxygens (including phenoxy) is 4. The third-order valence-corrected chi connectivity index (χ3v) is 21.3. The zero-order valence-electron chi connectivity index (χ0n) is 65.9. The van der Waals surface area contributed by atoms with Crippen LogP contribution in [0.25, 0.3) is 0 Å². The number of phosphoric acid groups is 2. The zero-order chi connectivity index (χ0) is 73.9. The van der Waals surface area contributed by atoms with Crippen LogP contribution < -0.4 is 0 Å². The molecule has 0 rings (SSSR count). The Hall–Kier alpha value is -1.94. The number of aliphatic hydroxyl groups is 1. The second-order valence-corrected chi connectivity index (χ2v) is 32.4. The summed E-state index contributed by atoms with van der Waals surface area (Å²) in [5.74, 6) is -2.10. The molecule has 0 aliphatic carbocycles. The molecule has 19 heteroatoms. The number of hydrogen-bond acceptors (Lipinski definition) is 15. The third kappa shape index (κ3) is 76.1. The van der Waals surface area contributed by atoms with Crippen molar-refractivity contribution in [2.24, 2.45) is 0 Å². The lowest BCUT2D eigenvalue weighted by atomic mass is 10.0. The van der Waals surface area contributed by atoms with Gasteiger partial charge in [-0.05, 0) is 25.7 Å². The van der Waals surface area contributed by atoms with Gasteiger partial charge in [-0.3, -0.25) is 37.3 Å². The summed E-state index contributed by atoms with van der Waals surface area (Å²) in [5.41, 5.74) is 0. The van der Waals surface area contributed by atoms with Crippen LogP contribution in [0.5, 0.6) is 0 Å². The minimum atomic E-state index is -4.96. The monoisotopic (exact) mass is 1480 g/mol. The number of carbonyl (C=O) groups excluding carboxylic acids is 4. The van der Waals surface area contributed by atoms with Gasteiger partial charge in [-0.2, -0.15) is 0 Å². The molecule has 0 spiro atoms. The van der Waals surface area contributed by atoms with Gasteiger partial charge >= 0.3 is 39.5 Å². The normalized spacial score (nSPS) is 13.8. The smallest absolute Gasteiger partial charge is 0.462 e. The maximum atomic E-state index is 13.1. The first-order valence-corrected chi connectivity index (χ1v) is 45.8. The Morgan fingerprint density at radius 1 is 0.238 bits per heavy atom. The van der Waals surface area contributed by atoms with E-state index >= 15 is 0 Å². The zero-order valence-corrected chi connectivity index (χ0v) is 67.7. The Labute approximate surface area is 619 Å². The molecule has 0 saturated heterocycles. The van der Waals surface area contributed by atoms with Gasteiger partial charge in [0.15, 0.2) is 12.2 Å². The van der Waals surface area contributed by atoms with Crippen molar-refractivity contribution in [2.75, 3.05) is 39.6 Å². The van der Waals surface area contributed by atoms with Gasteiger partial charge in [0.05, 0.1) is 26.4 Å². The molecule has 0 aliphatic heterocycles. The Morgan fingerprint density at radius 2 is 0.396 bits per heavy atom. The van der Waals surface area contributed by atoms with Crippen molar-refractivity contribution in [2.45, 2.75) is 463 Å². The summed E-state index contributed by atoms with van der Waals surface area (Å²) in [7, 11) is -9.92. The van der Waals surface area contributed by atoms with Crippen molar-refractivity contribution in [3.05, 3.63) is 0 Å². The minimum absolute atomic E-state index is 0.109. The van der Waals surface area contributed by atoms with Gasteiger partial charge < -0.3 is 33.8 Å². The molecular weight excluding hydrogens is 1320 g/mol. The van der Waals surface area contributed by atoms with Crippen LogP contribution in [0.1, 0.15) is 445 Å². The molecule has 600 valence electrons. The van der Waals surface area contributed by atoms with E-state index in [4.69, 9.17) is 37.0 Å². The van der Waals surface area contributed by atoms with E-state index in [2.05, 4.69) is 27.7 Å². The highest BCUT2D eigenvalue weighted by molar-refractivity contribution is 7.47. The van der Waals surface area contributed by atoms with Crippen LogP contribution in [0.4, 0.5) is 0 Å². The number of aliphatic hydroxyl groups excluding tert-OH is 1. The van der Waals surface area contributed by atoms with E-state index in [9.17, 15) is 43.2 Å². The molecule has 0 saturated carbocycles. The van der Waals surface area contributed by atoms with Crippen LogP contribution in [0.3, 0.4) is 0 Å². The summed E-state index contributed by atoms with van der Waals surface area (Å²) in [6, 6.07) is 0. The van der Waals surface area contributed by atoms with Gasteiger partial charge in [0.25, 0.3) is 0 Å². The average molecular weight is 1480 g/mol. The van der Waals surface area contributed by atoms with Crippen LogP contribution in [-0.4, -0.2) is 96.7 Å². The minimum Gasteiger partial charge on any atom is -0.462 e. The third-order valence-electron chi connectivity index (χ3n) is 19.4. The van der Waals surface area contributed by atoms with Crippen molar-refractivity contribution in [3.63, 3.8) is 0 Å². The van der Waals surface area contributed by atoms with E-state index in [1.807, 2.05) is 0 Å². The summed E-state index contributed by atoms with van der Waals surface area (Å²) in [6.45, 7) is 5.03. The Morgan fingerprint density at radius 3 is 0.584 bits per heavy atom. The summed E-state index contributed by atoms with van der Waals surface area (Å²) in [5, 5.41) is 10.6. The summed E-state index contributed by atoms with van der Waals surface area (Å²) in [6.07, 6.45) is 69.3. The molecule has 0 radical (unpaired) electrons. The first-order valence-electron chi connectivity index (χ1n) is 42.8. The topological polar surface area (TPSA) is 237 Å². The summed E-state index contributed by atoms with van der Waals surface area (Å²) < 4.78 is 68.8. The van der Waals surface area contributed by atoms with E-state index in [-0.39, 0.29) is 25.7 Å². The molecule has 5 atom stereocenters. The van der Waals surface area contributed by atoms with Gasteiger partial charge in [0, 0.05) is 25.7 Å². The fourth-order valence-electron chi connectivity index (χ4n) is 12.8. The SMILES string of the molecule is CCCCCCCCCCCCCCCCCCCCCC(=O)O[C@H](COC(=O)CCCCCCCCCCCCCCCCCCC)COP(=O)(O)OC[C@@H](O)COP(=O)(O)OC[C@@H](COC(=O)CCCCCCCCCCCC)OC(=O)CCCCCCCCCCCCCCCCC. The summed E-state index contributed by atoms with van der Waals surface area (Å²) in [4.78, 5) is 73.1. The van der Waals surface area contributed by atoms with Crippen molar-refractivity contribution < 1.29 is 80.2 Å². The van der Waals surface area contributed by atoms with Crippen molar-refractivity contribution in [3.8, 4) is 0 Å². The predicted octanol–water partition coefficient (Wildman–Crippen LogP) is 25.0. The number of esters is 4. The molecular formula is C82H160O17P2. The summed E-state index contributed by atoms with van der Waals surface area (Å²) >= 11 is 0. The first-order chi connectivity index (χ1) is 49.2. The largest absolute Gasteiger partial charge is 0.472 e. The highest BCUT2D eigenvalue weighted by Crippen LogP contribution is 2.45. The molecule has 0 amide bonds. The first kappa shape index (κ1) is 99.1. The van der Waals surface area contributed by atoms with Gasteiger partial charge in [0.2, 0.25) is 0 Å². The molecule has 3 N–H and O–H groups in total. The van der Waals surface area contributed by atoms with E-state index < -0.39 is 97.5 Å². The fourth-order valence-corrected chi connectivity index (χ4v) is 14.4. The van der Waals surface area contributed by atoms with Crippen LogP contribution in [0, 0.1) is 0 Å². The maximum absolute atomic E-state index is 13.1. The van der Waals surface area contributed by atoms with Crippen LogP contribution in [0.2, 0.25) is 0 Å². The number of carbonyl (C=O) groups is 4. The molecule has 17 nitrogen and oxygen atoms in total. The molecule has 0 aromatic rings. The van der Waals surface area contributed by atoms with Crippen LogP contribution >= 0.6 is 15.6 Å². The van der Waals surface area contributed by atoms with Gasteiger partial charge in [0.1, 0.15) is 19.3 Å². The lowest BCUT2D eigenvalue weighted by Gasteiger charge is -2.21. The van der Waals surface area contributed by atoms with Crippen molar-refractivity contribution in [1.82, 2.24) is 0 Å². The fraction of sp³-hybridized carbons (Fsp3) is 0.951. The number of unbranched alkanes of at least 4 members (excludes halogenated alkanes) is 57. The quantitative estimate of drug-likeness (QED) is 0.0222. The lowest BCUT2D eigenvalue weighted by Crippen LogP contribution is -2.30. The highest BCUT2D eigenvalue weighted by atomic mass is 31.2. The number of phosphoric ester groups is 2. The van der Waals surface area contributed by atoms with E-state index in [0.29, 0.717) is 25.7 Å². The molecule has 101 heavy (non-hydrogen) atoms. The van der Waals surface area contributed by atoms with Crippen LogP contribution in [0.15, 0.2) is 0 Å². The average Bonchev–Trinajstić information content (AvgIpc) is 1.16. The molecule has 0 aromatic heterocycles. The Balaban J connectivity index is 5.23. The Bertz CT molecular complexity index is 1910. The van der Waals surface area contributed by atoms with E-state index in [0.717, 1.165) is 89.9 Å². The van der Waals surface area contributed by atoms with Gasteiger partial charge in [-0.15, -0.1) is 0 Å². The van der Waals surface area contributed by atoms with Crippen LogP contribution in [-0.2, 0) is 65.4 Å². The second kappa shape index (κ2) is 76.3. The van der Waals surface area contributed by atoms with Crippen molar-refractivity contribution in [1.29, 1.82) is 0 Å². The van der Waals surface area contributed by atoms with Gasteiger partial charge in [-0.1, -0.05) is 394 Å². The highest BCUT2D eigenvalue weighted by Gasteiger charge is 2.30. The predicted molar refractivity (Wildman–Crippen MR) is 414 cm³/mol. The molecule has 2 unspecified atom stereocenters. The molecule has 0 fully saturated rings.